The summed E-state index contributed by atoms with van der Waals surface area (Å²) in [4.78, 5) is 32.3. The summed E-state index contributed by atoms with van der Waals surface area (Å²) in [5.74, 6) is 0.182. The number of piperidine rings is 1. The molecule has 0 aliphatic carbocycles. The lowest BCUT2D eigenvalue weighted by atomic mass is 10.0. The number of nitrogens with two attached hydrogens (primary N) is 1. The number of benzene rings is 1. The normalized spacial score (nSPS) is 14.4. The van der Waals surface area contributed by atoms with Crippen LogP contribution in [0.1, 0.15) is 61.1 Å². The maximum Gasteiger partial charge on any atom is 0.319 e. The highest BCUT2D eigenvalue weighted by Crippen LogP contribution is 2.27. The number of likely N-dealkylation sites (tertiary alicyclic amines) is 1. The first-order valence-corrected chi connectivity index (χ1v) is 11.5. The number of nitrogen functional groups attached to an aromatic ring is 1. The summed E-state index contributed by atoms with van der Waals surface area (Å²) in [6.45, 7) is 11.8. The van der Waals surface area contributed by atoms with Crippen LogP contribution in [0.5, 0.6) is 0 Å². The summed E-state index contributed by atoms with van der Waals surface area (Å²) >= 11 is 0. The van der Waals surface area contributed by atoms with Crippen LogP contribution in [0, 0.1) is 0 Å². The summed E-state index contributed by atoms with van der Waals surface area (Å²) in [7, 11) is 0. The van der Waals surface area contributed by atoms with Crippen molar-refractivity contribution in [3.05, 3.63) is 65.8 Å². The van der Waals surface area contributed by atoms with Gasteiger partial charge in [0.1, 0.15) is 11.8 Å². The number of aromatic nitrogens is 3. The van der Waals surface area contributed by atoms with Gasteiger partial charge in [0.05, 0.1) is 5.56 Å². The number of hydrogen-bond donors (Lipinski definition) is 3. The molecule has 0 radical (unpaired) electrons. The third-order valence-electron chi connectivity index (χ3n) is 6.20. The minimum absolute atomic E-state index is 0.102. The van der Waals surface area contributed by atoms with Crippen molar-refractivity contribution in [1.29, 1.82) is 0 Å². The molecule has 0 spiro atoms. The molecule has 0 bridgehead atoms. The van der Waals surface area contributed by atoms with Gasteiger partial charge in [-0.15, -0.1) is 0 Å². The number of hydrogen-bond acceptors (Lipinski definition) is 6. The fourth-order valence-electron chi connectivity index (χ4n) is 4.33. The Morgan fingerprint density at radius 1 is 1.21 bits per heavy atom. The Morgan fingerprint density at radius 2 is 1.94 bits per heavy atom. The van der Waals surface area contributed by atoms with Crippen LogP contribution in [0.2, 0.25) is 0 Å². The highest BCUT2D eigenvalue weighted by Gasteiger charge is 2.23. The van der Waals surface area contributed by atoms with Crippen molar-refractivity contribution in [2.75, 3.05) is 24.1 Å². The number of amides is 2. The molecule has 1 aromatic carbocycles. The zero-order valence-electron chi connectivity index (χ0n) is 19.8. The Hall–Kier alpha value is -3.88. The van der Waals surface area contributed by atoms with Crippen LogP contribution in [-0.4, -0.2) is 50.4 Å². The highest BCUT2D eigenvalue weighted by molar-refractivity contribution is 6.15. The van der Waals surface area contributed by atoms with Crippen LogP contribution in [0.25, 0.3) is 5.52 Å². The van der Waals surface area contributed by atoms with Gasteiger partial charge in [-0.05, 0) is 43.9 Å². The van der Waals surface area contributed by atoms with Gasteiger partial charge < -0.3 is 21.3 Å². The van der Waals surface area contributed by atoms with Gasteiger partial charge in [0, 0.05) is 41.8 Å². The molecule has 3 heterocycles. The Balaban J connectivity index is 1.49. The van der Waals surface area contributed by atoms with E-state index < -0.39 is 0 Å². The second kappa shape index (κ2) is 9.54. The number of ketones is 1. The quantitative estimate of drug-likeness (QED) is 0.481. The van der Waals surface area contributed by atoms with Gasteiger partial charge in [0.15, 0.2) is 11.6 Å². The average molecular weight is 462 g/mol. The van der Waals surface area contributed by atoms with Crippen molar-refractivity contribution < 1.29 is 9.59 Å². The fourth-order valence-corrected chi connectivity index (χ4v) is 4.33. The minimum atomic E-state index is -0.285. The third-order valence-corrected chi connectivity index (χ3v) is 6.20. The van der Waals surface area contributed by atoms with Crippen LogP contribution in [-0.2, 0) is 0 Å². The van der Waals surface area contributed by atoms with E-state index in [1.807, 2.05) is 26.8 Å². The SMILES string of the molecule is C=C(C)N1CCC(NC(=O)Nc2cccc(C(=O)c3cc(C(C)C)n4ncnc(N)c34)c2)CC1. The number of nitrogens with one attached hydrogen (secondary N) is 2. The standard InChI is InChI=1S/C25H31N7O2/c1-15(2)21-13-20(22-24(26)27-14-28-32(21)22)23(33)17-6-5-7-19(12-17)30-25(34)29-18-8-10-31(11-9-18)16(3)4/h5-7,12-15,18H,3,8-11H2,1-2,4H3,(H2,26,27,28)(H2,29,30,34). The molecular weight excluding hydrogens is 430 g/mol. The number of anilines is 2. The van der Waals surface area contributed by atoms with E-state index in [-0.39, 0.29) is 29.6 Å². The van der Waals surface area contributed by atoms with E-state index in [1.54, 1.807) is 28.8 Å². The Bertz CT molecular complexity index is 1240. The van der Waals surface area contributed by atoms with E-state index in [0.29, 0.717) is 22.3 Å². The summed E-state index contributed by atoms with van der Waals surface area (Å²) in [5.41, 5.74) is 9.94. The van der Waals surface area contributed by atoms with Gasteiger partial charge in [-0.25, -0.2) is 14.3 Å². The topological polar surface area (TPSA) is 118 Å². The van der Waals surface area contributed by atoms with Crippen molar-refractivity contribution in [1.82, 2.24) is 24.8 Å². The van der Waals surface area contributed by atoms with Gasteiger partial charge in [-0.2, -0.15) is 5.10 Å². The van der Waals surface area contributed by atoms with Gasteiger partial charge in [-0.1, -0.05) is 32.6 Å². The van der Waals surface area contributed by atoms with Crippen molar-refractivity contribution in [2.45, 2.75) is 45.6 Å². The van der Waals surface area contributed by atoms with Crippen molar-refractivity contribution in [2.24, 2.45) is 0 Å². The van der Waals surface area contributed by atoms with Gasteiger partial charge in [-0.3, -0.25) is 4.79 Å². The molecule has 4 N–H and O–H groups in total. The predicted molar refractivity (Wildman–Crippen MR) is 133 cm³/mol. The molecule has 0 unspecified atom stereocenters. The third kappa shape index (κ3) is 4.73. The minimum Gasteiger partial charge on any atom is -0.382 e. The lowest BCUT2D eigenvalue weighted by Crippen LogP contribution is -2.45. The number of carbonyl (C=O) groups excluding carboxylic acids is 2. The Kier molecular flexibility index (Phi) is 6.54. The number of nitrogens with zero attached hydrogens (tertiary/aromatic N) is 4. The first-order valence-electron chi connectivity index (χ1n) is 11.5. The molecule has 9 nitrogen and oxygen atoms in total. The van der Waals surface area contributed by atoms with Gasteiger partial charge >= 0.3 is 6.03 Å². The van der Waals surface area contributed by atoms with E-state index in [2.05, 4.69) is 32.2 Å². The zero-order chi connectivity index (χ0) is 24.4. The van der Waals surface area contributed by atoms with E-state index in [9.17, 15) is 9.59 Å². The number of allylic oxidation sites excluding steroid dienone is 1. The lowest BCUT2D eigenvalue weighted by molar-refractivity contribution is 0.104. The molecule has 3 aromatic rings. The first-order chi connectivity index (χ1) is 16.2. The van der Waals surface area contributed by atoms with Crippen molar-refractivity contribution >= 4 is 28.8 Å². The average Bonchev–Trinajstić information content (AvgIpc) is 3.20. The number of urea groups is 1. The molecule has 1 aliphatic rings. The van der Waals surface area contributed by atoms with Crippen LogP contribution >= 0.6 is 0 Å². The van der Waals surface area contributed by atoms with Crippen LogP contribution in [0.3, 0.4) is 0 Å². The van der Waals surface area contributed by atoms with Crippen molar-refractivity contribution in [3.63, 3.8) is 0 Å². The largest absolute Gasteiger partial charge is 0.382 e. The second-order valence-electron chi connectivity index (χ2n) is 9.05. The molecule has 2 aromatic heterocycles. The van der Waals surface area contributed by atoms with Crippen molar-refractivity contribution in [3.8, 4) is 0 Å². The maximum atomic E-state index is 13.4. The highest BCUT2D eigenvalue weighted by atomic mass is 16.2. The van der Waals surface area contributed by atoms with E-state index in [1.165, 1.54) is 6.33 Å². The summed E-state index contributed by atoms with van der Waals surface area (Å²) in [5, 5.41) is 10.2. The molecule has 1 saturated heterocycles. The lowest BCUT2D eigenvalue weighted by Gasteiger charge is -2.33. The Labute approximate surface area is 199 Å². The summed E-state index contributed by atoms with van der Waals surface area (Å²) in [6.07, 6.45) is 3.11. The summed E-state index contributed by atoms with van der Waals surface area (Å²) < 4.78 is 1.68. The van der Waals surface area contributed by atoms with Crippen LogP contribution in [0.4, 0.5) is 16.3 Å². The predicted octanol–water partition coefficient (Wildman–Crippen LogP) is 3.79. The number of carbonyl (C=O) groups is 2. The van der Waals surface area contributed by atoms with Gasteiger partial charge in [0.2, 0.25) is 0 Å². The summed E-state index contributed by atoms with van der Waals surface area (Å²) in [6, 6.07) is 8.53. The molecule has 34 heavy (non-hydrogen) atoms. The van der Waals surface area contributed by atoms with E-state index in [4.69, 9.17) is 5.73 Å². The van der Waals surface area contributed by atoms with Crippen LogP contribution < -0.4 is 16.4 Å². The molecule has 1 aliphatic heterocycles. The molecule has 178 valence electrons. The molecule has 0 saturated carbocycles. The molecule has 4 rings (SSSR count). The Morgan fingerprint density at radius 3 is 2.62 bits per heavy atom. The smallest absolute Gasteiger partial charge is 0.319 e. The zero-order valence-corrected chi connectivity index (χ0v) is 19.8. The molecule has 9 heteroatoms. The molecule has 0 atom stereocenters. The first kappa shape index (κ1) is 23.3. The molecular formula is C25H31N7O2. The fraction of sp³-hybridized carbons (Fsp3) is 0.360. The molecule has 2 amide bonds. The number of rotatable bonds is 6. The number of fused-ring (bicyclic) bond motifs is 1. The van der Waals surface area contributed by atoms with E-state index >= 15 is 0 Å². The molecule has 1 fully saturated rings. The van der Waals surface area contributed by atoms with Gasteiger partial charge in [0.25, 0.3) is 0 Å². The monoisotopic (exact) mass is 461 g/mol. The second-order valence-corrected chi connectivity index (χ2v) is 9.05. The van der Waals surface area contributed by atoms with E-state index in [0.717, 1.165) is 37.3 Å². The maximum absolute atomic E-state index is 13.4. The van der Waals surface area contributed by atoms with Crippen LogP contribution in [0.15, 0.2) is 48.9 Å².